The van der Waals surface area contributed by atoms with Gasteiger partial charge in [0.2, 0.25) is 0 Å². The molecule has 1 atom stereocenters. The first-order valence-electron chi connectivity index (χ1n) is 8.60. The van der Waals surface area contributed by atoms with Crippen LogP contribution in [0.4, 0.5) is 16.4 Å². The first kappa shape index (κ1) is 15.7. The molecule has 0 aliphatic carbocycles. The van der Waals surface area contributed by atoms with Gasteiger partial charge in [-0.2, -0.15) is 9.61 Å². The maximum Gasteiger partial charge on any atom is 0.322 e. The van der Waals surface area contributed by atoms with E-state index in [-0.39, 0.29) is 5.91 Å². The van der Waals surface area contributed by atoms with Crippen molar-refractivity contribution in [2.75, 3.05) is 23.7 Å². The van der Waals surface area contributed by atoms with Crippen molar-refractivity contribution in [1.29, 1.82) is 0 Å². The number of hydrogen-bond donors (Lipinski definition) is 3. The Morgan fingerprint density at radius 2 is 2.19 bits per heavy atom. The van der Waals surface area contributed by atoms with E-state index in [9.17, 15) is 9.59 Å². The topological polar surface area (TPSA) is 123 Å². The van der Waals surface area contributed by atoms with Gasteiger partial charge in [0.15, 0.2) is 5.65 Å². The minimum absolute atomic E-state index is 0.293. The molecule has 10 heteroatoms. The fraction of sp³-hybridized carbons (Fsp3) is 0.294. The fourth-order valence-corrected chi connectivity index (χ4v) is 3.82. The van der Waals surface area contributed by atoms with Gasteiger partial charge in [-0.25, -0.2) is 9.78 Å². The number of carbonyl (C=O) groups is 2. The van der Waals surface area contributed by atoms with Crippen molar-refractivity contribution >= 4 is 29.2 Å². The van der Waals surface area contributed by atoms with Gasteiger partial charge in [-0.1, -0.05) is 0 Å². The van der Waals surface area contributed by atoms with E-state index in [1.54, 1.807) is 16.8 Å². The van der Waals surface area contributed by atoms with Crippen LogP contribution in [0.25, 0.3) is 16.8 Å². The van der Waals surface area contributed by atoms with E-state index < -0.39 is 11.6 Å². The summed E-state index contributed by atoms with van der Waals surface area (Å²) in [6, 6.07) is 3.28. The van der Waals surface area contributed by atoms with Crippen LogP contribution < -0.4 is 21.3 Å². The SMILES string of the molecule is Cn1ccc(-c2cnn3c(N)cc(N4CCC5(C4)NC(=O)NC5=O)nc23)c1. The fourth-order valence-electron chi connectivity index (χ4n) is 3.82. The lowest BCUT2D eigenvalue weighted by Gasteiger charge is -2.22. The molecule has 0 aromatic carbocycles. The van der Waals surface area contributed by atoms with E-state index >= 15 is 0 Å². The summed E-state index contributed by atoms with van der Waals surface area (Å²) >= 11 is 0. The third-order valence-corrected chi connectivity index (χ3v) is 5.24. The van der Waals surface area contributed by atoms with E-state index in [0.29, 0.717) is 36.8 Å². The van der Waals surface area contributed by atoms with E-state index in [2.05, 4.69) is 15.7 Å². The second-order valence-corrected chi connectivity index (χ2v) is 7.06. The number of fused-ring (bicyclic) bond motifs is 1. The van der Waals surface area contributed by atoms with Crippen LogP contribution in [-0.2, 0) is 11.8 Å². The van der Waals surface area contributed by atoms with Gasteiger partial charge >= 0.3 is 6.03 Å². The third-order valence-electron chi connectivity index (χ3n) is 5.24. The minimum atomic E-state index is -0.901. The van der Waals surface area contributed by atoms with Crippen LogP contribution in [0.2, 0.25) is 0 Å². The molecule has 2 saturated heterocycles. The molecule has 4 N–H and O–H groups in total. The van der Waals surface area contributed by atoms with Crippen molar-refractivity contribution in [3.05, 3.63) is 30.7 Å². The Kier molecular flexibility index (Phi) is 3.03. The number of nitrogens with zero attached hydrogens (tertiary/aromatic N) is 5. The number of nitrogen functional groups attached to an aromatic ring is 1. The number of aryl methyl sites for hydroxylation is 1. The molecule has 0 saturated carbocycles. The van der Waals surface area contributed by atoms with E-state index in [1.165, 1.54) is 0 Å². The lowest BCUT2D eigenvalue weighted by Crippen LogP contribution is -2.49. The molecule has 2 aliphatic rings. The highest BCUT2D eigenvalue weighted by atomic mass is 16.2. The smallest absolute Gasteiger partial charge is 0.322 e. The zero-order valence-corrected chi connectivity index (χ0v) is 14.6. The summed E-state index contributed by atoms with van der Waals surface area (Å²) in [6.07, 6.45) is 6.21. The first-order valence-corrected chi connectivity index (χ1v) is 8.60. The number of nitrogens with two attached hydrogens (primary N) is 1. The number of carbonyl (C=O) groups excluding carboxylic acids is 2. The van der Waals surface area contributed by atoms with Crippen LogP contribution in [0.5, 0.6) is 0 Å². The van der Waals surface area contributed by atoms with Crippen LogP contribution in [0, 0.1) is 0 Å². The number of urea groups is 1. The Labute approximate surface area is 153 Å². The van der Waals surface area contributed by atoms with Gasteiger partial charge in [-0.3, -0.25) is 10.1 Å². The van der Waals surface area contributed by atoms with Gasteiger partial charge in [-0.05, 0) is 12.5 Å². The Morgan fingerprint density at radius 1 is 1.33 bits per heavy atom. The lowest BCUT2D eigenvalue weighted by atomic mass is 10.00. The van der Waals surface area contributed by atoms with Crippen molar-refractivity contribution in [3.8, 4) is 11.1 Å². The number of rotatable bonds is 2. The van der Waals surface area contributed by atoms with Gasteiger partial charge < -0.3 is 20.5 Å². The molecule has 2 aliphatic heterocycles. The normalized spacial score (nSPS) is 22.0. The van der Waals surface area contributed by atoms with Gasteiger partial charge in [0.05, 0.1) is 12.7 Å². The Balaban J connectivity index is 1.55. The molecule has 3 aromatic rings. The highest BCUT2D eigenvalue weighted by Gasteiger charge is 2.51. The molecule has 10 nitrogen and oxygen atoms in total. The summed E-state index contributed by atoms with van der Waals surface area (Å²) < 4.78 is 3.55. The van der Waals surface area contributed by atoms with E-state index in [1.807, 2.05) is 35.0 Å². The summed E-state index contributed by atoms with van der Waals surface area (Å²) in [5.41, 5.74) is 7.82. The average Bonchev–Trinajstić information content (AvgIpc) is 3.36. The first-order chi connectivity index (χ1) is 12.9. The molecule has 3 amide bonds. The van der Waals surface area contributed by atoms with Crippen LogP contribution >= 0.6 is 0 Å². The van der Waals surface area contributed by atoms with Crippen LogP contribution in [0.15, 0.2) is 30.7 Å². The van der Waals surface area contributed by atoms with Crippen molar-refractivity contribution in [3.63, 3.8) is 0 Å². The maximum atomic E-state index is 12.2. The molecular weight excluding hydrogens is 348 g/mol. The van der Waals surface area contributed by atoms with Crippen molar-refractivity contribution in [2.24, 2.45) is 7.05 Å². The van der Waals surface area contributed by atoms with Crippen LogP contribution in [-0.4, -0.2) is 49.7 Å². The third kappa shape index (κ3) is 2.26. The predicted molar refractivity (Wildman–Crippen MR) is 98.0 cm³/mol. The Bertz CT molecular complexity index is 1100. The summed E-state index contributed by atoms with van der Waals surface area (Å²) in [4.78, 5) is 30.4. The second-order valence-electron chi connectivity index (χ2n) is 7.06. The Hall–Kier alpha value is -3.56. The molecule has 1 spiro atoms. The molecule has 0 radical (unpaired) electrons. The molecule has 3 aromatic heterocycles. The number of nitrogens with one attached hydrogen (secondary N) is 2. The summed E-state index contributed by atoms with van der Waals surface area (Å²) in [7, 11) is 1.95. The van der Waals surface area contributed by atoms with E-state index in [0.717, 1.165) is 11.1 Å². The molecule has 2 fully saturated rings. The van der Waals surface area contributed by atoms with Gasteiger partial charge in [0.1, 0.15) is 17.2 Å². The summed E-state index contributed by atoms with van der Waals surface area (Å²) in [5, 5.41) is 9.40. The van der Waals surface area contributed by atoms with Crippen LogP contribution in [0.1, 0.15) is 6.42 Å². The molecule has 1 unspecified atom stereocenters. The number of amides is 3. The number of imide groups is 1. The van der Waals surface area contributed by atoms with Crippen LogP contribution in [0.3, 0.4) is 0 Å². The largest absolute Gasteiger partial charge is 0.383 e. The average molecular weight is 366 g/mol. The molecule has 138 valence electrons. The number of aromatic nitrogens is 4. The lowest BCUT2D eigenvalue weighted by molar-refractivity contribution is -0.123. The van der Waals surface area contributed by atoms with Gasteiger partial charge in [-0.15, -0.1) is 0 Å². The Morgan fingerprint density at radius 3 is 2.89 bits per heavy atom. The zero-order chi connectivity index (χ0) is 18.8. The molecular formula is C17H18N8O2. The molecule has 0 bridgehead atoms. The van der Waals surface area contributed by atoms with Gasteiger partial charge in [0.25, 0.3) is 5.91 Å². The molecule has 5 rings (SSSR count). The van der Waals surface area contributed by atoms with Gasteiger partial charge in [0, 0.05) is 43.2 Å². The molecule has 5 heterocycles. The monoisotopic (exact) mass is 366 g/mol. The molecule has 27 heavy (non-hydrogen) atoms. The van der Waals surface area contributed by atoms with Crippen molar-refractivity contribution in [2.45, 2.75) is 12.0 Å². The van der Waals surface area contributed by atoms with Crippen molar-refractivity contribution in [1.82, 2.24) is 29.8 Å². The maximum absolute atomic E-state index is 12.2. The van der Waals surface area contributed by atoms with Crippen molar-refractivity contribution < 1.29 is 9.59 Å². The zero-order valence-electron chi connectivity index (χ0n) is 14.6. The summed E-state index contributed by atoms with van der Waals surface area (Å²) in [6.45, 7) is 0.938. The number of anilines is 2. The quantitative estimate of drug-likeness (QED) is 0.553. The minimum Gasteiger partial charge on any atom is -0.383 e. The summed E-state index contributed by atoms with van der Waals surface area (Å²) in [5.74, 6) is 0.819. The van der Waals surface area contributed by atoms with E-state index in [4.69, 9.17) is 10.7 Å². The standard InChI is InChI=1S/C17H18N8O2/c1-23-4-2-10(8-23)11-7-19-25-12(18)6-13(20-14(11)25)24-5-3-17(9-24)15(26)21-16(27)22-17/h2,4,6-8H,3,5,9,18H2,1H3,(H2,21,22,26,27). The predicted octanol–water partition coefficient (Wildman–Crippen LogP) is 0.105. The second kappa shape index (κ2) is 5.22. The number of hydrogen-bond acceptors (Lipinski definition) is 6. The highest BCUT2D eigenvalue weighted by Crippen LogP contribution is 2.31. The highest BCUT2D eigenvalue weighted by molar-refractivity contribution is 6.07.